The van der Waals surface area contributed by atoms with E-state index in [0.717, 1.165) is 13.1 Å². The minimum Gasteiger partial charge on any atom is -0.373 e. The van der Waals surface area contributed by atoms with Gasteiger partial charge in [0.25, 0.3) is 0 Å². The van der Waals surface area contributed by atoms with Crippen LogP contribution in [0.25, 0.3) is 0 Å². The molecule has 0 amide bonds. The Hall–Kier alpha value is -1.06. The van der Waals surface area contributed by atoms with E-state index in [1.54, 1.807) is 0 Å². The summed E-state index contributed by atoms with van der Waals surface area (Å²) in [6.07, 6.45) is 2.72. The van der Waals surface area contributed by atoms with Crippen molar-refractivity contribution >= 4 is 5.69 Å². The van der Waals surface area contributed by atoms with E-state index in [4.69, 9.17) is 5.73 Å². The van der Waals surface area contributed by atoms with Crippen LogP contribution < -0.4 is 10.6 Å². The fourth-order valence-corrected chi connectivity index (χ4v) is 2.64. The number of hydrogen-bond donors (Lipinski definition) is 1. The van der Waals surface area contributed by atoms with Crippen molar-refractivity contribution in [1.82, 2.24) is 4.90 Å². The van der Waals surface area contributed by atoms with Crippen molar-refractivity contribution in [3.8, 4) is 0 Å². The number of nitrogens with zero attached hydrogens (tertiary/aromatic N) is 2. The molecule has 0 aliphatic carbocycles. The van der Waals surface area contributed by atoms with E-state index >= 15 is 0 Å². The highest BCUT2D eigenvalue weighted by Gasteiger charge is 2.14. The summed E-state index contributed by atoms with van der Waals surface area (Å²) in [4.78, 5) is 4.88. The predicted octanol–water partition coefficient (Wildman–Crippen LogP) is 2.24. The van der Waals surface area contributed by atoms with E-state index in [1.807, 2.05) is 6.92 Å². The van der Waals surface area contributed by atoms with Crippen molar-refractivity contribution in [3.63, 3.8) is 0 Å². The summed E-state index contributed by atoms with van der Waals surface area (Å²) in [5, 5.41) is 0. The number of likely N-dealkylation sites (tertiary alicyclic amines) is 1. The molecule has 3 heteroatoms. The summed E-state index contributed by atoms with van der Waals surface area (Å²) in [6.45, 7) is 6.81. The Morgan fingerprint density at radius 3 is 2.61 bits per heavy atom. The van der Waals surface area contributed by atoms with Crippen molar-refractivity contribution in [2.45, 2.75) is 25.8 Å². The predicted molar refractivity (Wildman–Crippen MR) is 78.0 cm³/mol. The van der Waals surface area contributed by atoms with E-state index in [0.29, 0.717) is 0 Å². The lowest BCUT2D eigenvalue weighted by Crippen LogP contribution is -2.32. The smallest absolute Gasteiger partial charge is 0.0412 e. The number of para-hydroxylation sites is 1. The topological polar surface area (TPSA) is 32.5 Å². The van der Waals surface area contributed by atoms with Gasteiger partial charge in [0.05, 0.1) is 0 Å². The van der Waals surface area contributed by atoms with Crippen LogP contribution in [-0.4, -0.2) is 38.1 Å². The molecule has 1 aliphatic rings. The van der Waals surface area contributed by atoms with E-state index in [1.165, 1.54) is 37.2 Å². The molecule has 0 bridgehead atoms. The average Bonchev–Trinajstić information content (AvgIpc) is 2.89. The second-order valence-corrected chi connectivity index (χ2v) is 5.32. The first kappa shape index (κ1) is 13.4. The van der Waals surface area contributed by atoms with E-state index in [-0.39, 0.29) is 6.04 Å². The van der Waals surface area contributed by atoms with Crippen molar-refractivity contribution in [2.24, 2.45) is 5.73 Å². The Morgan fingerprint density at radius 2 is 1.94 bits per heavy atom. The van der Waals surface area contributed by atoms with E-state index in [2.05, 4.69) is 41.1 Å². The van der Waals surface area contributed by atoms with Crippen molar-refractivity contribution in [2.75, 3.05) is 38.1 Å². The van der Waals surface area contributed by atoms with Crippen LogP contribution in [0.5, 0.6) is 0 Å². The van der Waals surface area contributed by atoms with E-state index < -0.39 is 0 Å². The van der Waals surface area contributed by atoms with Gasteiger partial charge < -0.3 is 15.5 Å². The number of rotatable bonds is 5. The minimum atomic E-state index is 0.0930. The molecule has 1 atom stereocenters. The first-order valence-electron chi connectivity index (χ1n) is 6.96. The van der Waals surface area contributed by atoms with E-state index in [9.17, 15) is 0 Å². The summed E-state index contributed by atoms with van der Waals surface area (Å²) < 4.78 is 0. The van der Waals surface area contributed by atoms with Gasteiger partial charge >= 0.3 is 0 Å². The fourth-order valence-electron chi connectivity index (χ4n) is 2.64. The molecule has 1 fully saturated rings. The number of nitrogens with two attached hydrogens (primary N) is 1. The van der Waals surface area contributed by atoms with Crippen LogP contribution >= 0.6 is 0 Å². The molecule has 2 N–H and O–H groups in total. The minimum absolute atomic E-state index is 0.0930. The molecule has 0 aromatic heterocycles. The van der Waals surface area contributed by atoms with Crippen LogP contribution in [-0.2, 0) is 0 Å². The maximum atomic E-state index is 6.03. The molecule has 0 saturated carbocycles. The maximum Gasteiger partial charge on any atom is 0.0412 e. The number of likely N-dealkylation sites (N-methyl/N-ethyl adjacent to an activating group) is 1. The second kappa shape index (κ2) is 6.21. The average molecular weight is 247 g/mol. The summed E-state index contributed by atoms with van der Waals surface area (Å²) in [5.41, 5.74) is 8.54. The van der Waals surface area contributed by atoms with Crippen molar-refractivity contribution in [1.29, 1.82) is 0 Å². The Balaban J connectivity index is 1.97. The normalized spacial score (nSPS) is 17.9. The largest absolute Gasteiger partial charge is 0.373 e. The highest BCUT2D eigenvalue weighted by Crippen LogP contribution is 2.23. The SMILES string of the molecule is CC(N)c1ccccc1N(C)CCN1CCCC1. The summed E-state index contributed by atoms with van der Waals surface area (Å²) in [5.74, 6) is 0. The molecular weight excluding hydrogens is 222 g/mol. The zero-order valence-electron chi connectivity index (χ0n) is 11.6. The van der Waals surface area contributed by atoms with Gasteiger partial charge in [-0.1, -0.05) is 18.2 Å². The zero-order valence-corrected chi connectivity index (χ0v) is 11.6. The van der Waals surface area contributed by atoms with Crippen LogP contribution in [0.4, 0.5) is 5.69 Å². The fraction of sp³-hybridized carbons (Fsp3) is 0.600. The quantitative estimate of drug-likeness (QED) is 0.866. The lowest BCUT2D eigenvalue weighted by atomic mass is 10.1. The van der Waals surface area contributed by atoms with Crippen molar-refractivity contribution < 1.29 is 0 Å². The van der Waals surface area contributed by atoms with Gasteiger partial charge in [0.2, 0.25) is 0 Å². The Kier molecular flexibility index (Phi) is 4.61. The lowest BCUT2D eigenvalue weighted by molar-refractivity contribution is 0.346. The molecule has 1 saturated heterocycles. The van der Waals surface area contributed by atoms with Crippen LogP contribution in [0.15, 0.2) is 24.3 Å². The second-order valence-electron chi connectivity index (χ2n) is 5.32. The molecule has 1 heterocycles. The highest BCUT2D eigenvalue weighted by molar-refractivity contribution is 5.54. The van der Waals surface area contributed by atoms with Gasteiger partial charge in [-0.2, -0.15) is 0 Å². The summed E-state index contributed by atoms with van der Waals surface area (Å²) in [7, 11) is 2.16. The Bertz CT molecular complexity index is 370. The molecule has 1 aromatic rings. The maximum absolute atomic E-state index is 6.03. The molecule has 100 valence electrons. The van der Waals surface area contributed by atoms with Crippen LogP contribution in [0, 0.1) is 0 Å². The first-order valence-corrected chi connectivity index (χ1v) is 6.96. The molecule has 18 heavy (non-hydrogen) atoms. The zero-order chi connectivity index (χ0) is 13.0. The Morgan fingerprint density at radius 1 is 1.28 bits per heavy atom. The number of benzene rings is 1. The van der Waals surface area contributed by atoms with Gasteiger partial charge in [0.15, 0.2) is 0 Å². The molecule has 1 aliphatic heterocycles. The molecule has 2 rings (SSSR count). The lowest BCUT2D eigenvalue weighted by Gasteiger charge is -2.26. The van der Waals surface area contributed by atoms with Crippen LogP contribution in [0.1, 0.15) is 31.4 Å². The van der Waals surface area contributed by atoms with Gasteiger partial charge in [-0.05, 0) is 44.5 Å². The molecule has 0 spiro atoms. The van der Waals surface area contributed by atoms with Gasteiger partial charge in [-0.3, -0.25) is 0 Å². The van der Waals surface area contributed by atoms with Crippen LogP contribution in [0.3, 0.4) is 0 Å². The van der Waals surface area contributed by atoms with Gasteiger partial charge in [-0.25, -0.2) is 0 Å². The number of anilines is 1. The molecule has 1 unspecified atom stereocenters. The van der Waals surface area contributed by atoms with Gasteiger partial charge in [0, 0.05) is 31.9 Å². The van der Waals surface area contributed by atoms with Gasteiger partial charge in [0.1, 0.15) is 0 Å². The highest BCUT2D eigenvalue weighted by atomic mass is 15.2. The monoisotopic (exact) mass is 247 g/mol. The third kappa shape index (κ3) is 3.24. The molecule has 1 aromatic carbocycles. The number of hydrogen-bond acceptors (Lipinski definition) is 3. The standard InChI is InChI=1S/C15H25N3/c1-13(16)14-7-3-4-8-15(14)17(2)11-12-18-9-5-6-10-18/h3-4,7-8,13H,5-6,9-12,16H2,1-2H3. The molecule has 0 radical (unpaired) electrons. The summed E-state index contributed by atoms with van der Waals surface area (Å²) >= 11 is 0. The van der Waals surface area contributed by atoms with Crippen LogP contribution in [0.2, 0.25) is 0 Å². The molecule has 3 nitrogen and oxygen atoms in total. The Labute approximate surface area is 111 Å². The van der Waals surface area contributed by atoms with Crippen molar-refractivity contribution in [3.05, 3.63) is 29.8 Å². The third-order valence-electron chi connectivity index (χ3n) is 3.79. The molecular formula is C15H25N3. The third-order valence-corrected chi connectivity index (χ3v) is 3.79. The first-order chi connectivity index (χ1) is 8.68. The van der Waals surface area contributed by atoms with Gasteiger partial charge in [-0.15, -0.1) is 0 Å². The summed E-state index contributed by atoms with van der Waals surface area (Å²) in [6, 6.07) is 8.55.